The van der Waals surface area contributed by atoms with Crippen molar-refractivity contribution >= 4 is 0 Å². The summed E-state index contributed by atoms with van der Waals surface area (Å²) >= 11 is 0. The lowest BCUT2D eigenvalue weighted by Crippen LogP contribution is -2.40. The predicted molar refractivity (Wildman–Crippen MR) is 52.3 cm³/mol. The zero-order chi connectivity index (χ0) is 8.84. The Morgan fingerprint density at radius 3 is 2.38 bits per heavy atom. The van der Waals surface area contributed by atoms with E-state index in [-0.39, 0.29) is 0 Å². The lowest BCUT2D eigenvalue weighted by molar-refractivity contribution is 0.0458. The molecule has 0 aromatic heterocycles. The number of nitrogens with zero attached hydrogens (tertiary/aromatic N) is 1. The van der Waals surface area contributed by atoms with Crippen LogP contribution in [0.1, 0.15) is 29.6 Å². The normalized spacial score (nSPS) is 29.9. The van der Waals surface area contributed by atoms with E-state index >= 15 is 0 Å². The standard InChI is InChI=1S/C11H14N2/c12-5-6-13-10-7-11(13)9-4-2-1-3-8(9)10/h1-4,10-11H,5-7,12H2. The fraction of sp³-hybridized carbons (Fsp3) is 0.455. The molecular weight excluding hydrogens is 160 g/mol. The maximum atomic E-state index is 5.58. The molecule has 2 heterocycles. The van der Waals surface area contributed by atoms with Crippen molar-refractivity contribution in [2.24, 2.45) is 5.73 Å². The molecule has 4 rings (SSSR count). The Kier molecular flexibility index (Phi) is 1.49. The Labute approximate surface area is 78.3 Å². The van der Waals surface area contributed by atoms with Crippen LogP contribution in [0.25, 0.3) is 0 Å². The van der Waals surface area contributed by atoms with E-state index in [4.69, 9.17) is 5.73 Å². The van der Waals surface area contributed by atoms with E-state index in [1.165, 1.54) is 6.42 Å². The molecule has 1 saturated heterocycles. The second kappa shape index (κ2) is 2.56. The molecule has 0 saturated carbocycles. The van der Waals surface area contributed by atoms with Crippen molar-refractivity contribution in [3.05, 3.63) is 35.4 Å². The first-order chi connectivity index (χ1) is 6.42. The Hall–Kier alpha value is -0.860. The summed E-state index contributed by atoms with van der Waals surface area (Å²) in [5.74, 6) is 0. The lowest BCUT2D eigenvalue weighted by Gasteiger charge is -2.40. The molecule has 3 aliphatic rings. The fourth-order valence-electron chi connectivity index (χ4n) is 2.75. The number of nitrogens with two attached hydrogens (primary N) is 1. The van der Waals surface area contributed by atoms with Gasteiger partial charge in [0, 0.05) is 25.2 Å². The third-order valence-electron chi connectivity index (χ3n) is 3.35. The van der Waals surface area contributed by atoms with Gasteiger partial charge in [-0.05, 0) is 17.5 Å². The summed E-state index contributed by atoms with van der Waals surface area (Å²) in [6, 6.07) is 10.2. The van der Waals surface area contributed by atoms with Gasteiger partial charge in [-0.1, -0.05) is 24.3 Å². The minimum Gasteiger partial charge on any atom is -0.329 e. The third-order valence-corrected chi connectivity index (χ3v) is 3.35. The predicted octanol–water partition coefficient (Wildman–Crippen LogP) is 1.45. The molecule has 2 atom stereocenters. The number of rotatable bonds is 2. The van der Waals surface area contributed by atoms with Crippen LogP contribution in [0.15, 0.2) is 24.3 Å². The molecule has 68 valence electrons. The summed E-state index contributed by atoms with van der Waals surface area (Å²) in [5.41, 5.74) is 8.67. The van der Waals surface area contributed by atoms with Crippen molar-refractivity contribution in [3.63, 3.8) is 0 Å². The highest BCUT2D eigenvalue weighted by Gasteiger charge is 2.47. The summed E-state index contributed by atoms with van der Waals surface area (Å²) in [6.45, 7) is 1.82. The molecule has 13 heavy (non-hydrogen) atoms. The Balaban J connectivity index is 1.95. The van der Waals surface area contributed by atoms with Gasteiger partial charge in [-0.2, -0.15) is 0 Å². The first-order valence-electron chi connectivity index (χ1n) is 4.96. The van der Waals surface area contributed by atoms with Crippen LogP contribution >= 0.6 is 0 Å². The molecule has 0 spiro atoms. The molecule has 2 unspecified atom stereocenters. The van der Waals surface area contributed by atoms with Crippen LogP contribution in [0.5, 0.6) is 0 Å². The number of hydrogen-bond acceptors (Lipinski definition) is 2. The molecule has 1 aliphatic carbocycles. The molecule has 0 amide bonds. The van der Waals surface area contributed by atoms with E-state index in [0.29, 0.717) is 12.1 Å². The minimum atomic E-state index is 0.685. The molecule has 1 aromatic rings. The van der Waals surface area contributed by atoms with Crippen LogP contribution < -0.4 is 5.73 Å². The van der Waals surface area contributed by atoms with Gasteiger partial charge in [-0.15, -0.1) is 0 Å². The maximum absolute atomic E-state index is 5.58. The van der Waals surface area contributed by atoms with Crippen LogP contribution in [-0.4, -0.2) is 18.0 Å². The fourth-order valence-corrected chi connectivity index (χ4v) is 2.75. The van der Waals surface area contributed by atoms with Gasteiger partial charge in [0.2, 0.25) is 0 Å². The van der Waals surface area contributed by atoms with Crippen LogP contribution in [0.3, 0.4) is 0 Å². The van der Waals surface area contributed by atoms with Gasteiger partial charge >= 0.3 is 0 Å². The summed E-state index contributed by atoms with van der Waals surface area (Å²) < 4.78 is 0. The second-order valence-electron chi connectivity index (χ2n) is 3.92. The second-order valence-corrected chi connectivity index (χ2v) is 3.92. The zero-order valence-corrected chi connectivity index (χ0v) is 7.61. The highest BCUT2D eigenvalue weighted by molar-refractivity contribution is 5.43. The highest BCUT2D eigenvalue weighted by atomic mass is 15.3. The topological polar surface area (TPSA) is 29.3 Å². The molecule has 2 N–H and O–H groups in total. The van der Waals surface area contributed by atoms with Crippen molar-refractivity contribution in [3.8, 4) is 0 Å². The first kappa shape index (κ1) is 7.54. The first-order valence-corrected chi connectivity index (χ1v) is 4.96. The molecule has 2 nitrogen and oxygen atoms in total. The van der Waals surface area contributed by atoms with Crippen molar-refractivity contribution < 1.29 is 0 Å². The average Bonchev–Trinajstić information content (AvgIpc) is 2.65. The van der Waals surface area contributed by atoms with Gasteiger partial charge in [-0.3, -0.25) is 4.90 Å². The molecule has 0 radical (unpaired) electrons. The van der Waals surface area contributed by atoms with E-state index in [1.54, 1.807) is 11.1 Å². The van der Waals surface area contributed by atoms with Gasteiger partial charge in [0.1, 0.15) is 0 Å². The van der Waals surface area contributed by atoms with Crippen molar-refractivity contribution in [1.82, 2.24) is 4.90 Å². The molecule has 2 bridgehead atoms. The molecule has 2 aliphatic heterocycles. The molecular formula is C11H14N2. The number of hydrogen-bond donors (Lipinski definition) is 1. The zero-order valence-electron chi connectivity index (χ0n) is 7.61. The van der Waals surface area contributed by atoms with E-state index in [2.05, 4.69) is 29.2 Å². The average molecular weight is 174 g/mol. The van der Waals surface area contributed by atoms with Gasteiger partial charge in [0.15, 0.2) is 0 Å². The summed E-state index contributed by atoms with van der Waals surface area (Å²) in [6.07, 6.45) is 1.32. The quantitative estimate of drug-likeness (QED) is 0.735. The summed E-state index contributed by atoms with van der Waals surface area (Å²) in [7, 11) is 0. The van der Waals surface area contributed by atoms with Crippen molar-refractivity contribution in [2.45, 2.75) is 18.5 Å². The molecule has 2 heteroatoms. The van der Waals surface area contributed by atoms with E-state index in [1.807, 2.05) is 0 Å². The van der Waals surface area contributed by atoms with Gasteiger partial charge in [-0.25, -0.2) is 0 Å². The van der Waals surface area contributed by atoms with Gasteiger partial charge in [0.05, 0.1) is 0 Å². The summed E-state index contributed by atoms with van der Waals surface area (Å²) in [4.78, 5) is 2.52. The van der Waals surface area contributed by atoms with Crippen LogP contribution in [0, 0.1) is 0 Å². The Morgan fingerprint density at radius 1 is 1.23 bits per heavy atom. The van der Waals surface area contributed by atoms with Crippen LogP contribution in [0.4, 0.5) is 0 Å². The van der Waals surface area contributed by atoms with Crippen LogP contribution in [0.2, 0.25) is 0 Å². The minimum absolute atomic E-state index is 0.685. The SMILES string of the molecule is NCCN1C2CC1c1ccccc12. The highest BCUT2D eigenvalue weighted by Crippen LogP contribution is 2.56. The Morgan fingerprint density at radius 2 is 1.85 bits per heavy atom. The maximum Gasteiger partial charge on any atom is 0.0376 e. The van der Waals surface area contributed by atoms with Crippen molar-refractivity contribution in [2.75, 3.05) is 13.1 Å². The van der Waals surface area contributed by atoms with Gasteiger partial charge < -0.3 is 5.73 Å². The van der Waals surface area contributed by atoms with Crippen molar-refractivity contribution in [1.29, 1.82) is 0 Å². The lowest BCUT2D eigenvalue weighted by atomic mass is 10.0. The largest absolute Gasteiger partial charge is 0.329 e. The molecule has 1 fully saturated rings. The number of benzene rings is 1. The van der Waals surface area contributed by atoms with E-state index in [0.717, 1.165) is 13.1 Å². The molecule has 1 aromatic carbocycles. The van der Waals surface area contributed by atoms with Gasteiger partial charge in [0.25, 0.3) is 0 Å². The Bertz CT molecular complexity index is 306. The smallest absolute Gasteiger partial charge is 0.0376 e. The van der Waals surface area contributed by atoms with Crippen LogP contribution in [-0.2, 0) is 0 Å². The monoisotopic (exact) mass is 174 g/mol. The third kappa shape index (κ3) is 0.847. The van der Waals surface area contributed by atoms with E-state index in [9.17, 15) is 0 Å². The van der Waals surface area contributed by atoms with E-state index < -0.39 is 0 Å². The summed E-state index contributed by atoms with van der Waals surface area (Å²) in [5, 5.41) is 0.